The zero-order valence-corrected chi connectivity index (χ0v) is 26.3. The van der Waals surface area contributed by atoms with Crippen molar-refractivity contribution in [3.05, 3.63) is 182 Å². The summed E-state index contributed by atoms with van der Waals surface area (Å²) in [4.78, 5) is 0. The van der Waals surface area contributed by atoms with E-state index in [-0.39, 0.29) is 0 Å². The first kappa shape index (κ1) is 26.9. The van der Waals surface area contributed by atoms with Crippen molar-refractivity contribution in [1.82, 2.24) is 0 Å². The molecule has 0 spiro atoms. The second kappa shape index (κ2) is 10.7. The molecule has 48 heavy (non-hydrogen) atoms. The van der Waals surface area contributed by atoms with Crippen LogP contribution in [0.4, 0.5) is 0 Å². The van der Waals surface area contributed by atoms with Crippen molar-refractivity contribution in [2.45, 2.75) is 0 Å². The lowest BCUT2D eigenvalue weighted by atomic mass is 9.87. The molecule has 0 fully saturated rings. The molecule has 0 aliphatic heterocycles. The minimum Gasteiger partial charge on any atom is -0.0616 e. The van der Waals surface area contributed by atoms with Crippen molar-refractivity contribution in [2.75, 3.05) is 0 Å². The maximum Gasteiger partial charge on any atom is -0.00264 e. The normalized spacial score (nSPS) is 11.8. The molecule has 10 aromatic rings. The molecule has 0 aliphatic carbocycles. The Bertz CT molecular complexity index is 2690. The van der Waals surface area contributed by atoms with E-state index in [1.54, 1.807) is 0 Å². The van der Waals surface area contributed by atoms with Crippen LogP contribution in [0.25, 0.3) is 98.0 Å². The van der Waals surface area contributed by atoms with E-state index in [1.807, 2.05) is 0 Å². The number of hydrogen-bond acceptors (Lipinski definition) is 0. The zero-order chi connectivity index (χ0) is 31.6. The van der Waals surface area contributed by atoms with Gasteiger partial charge in [0.1, 0.15) is 0 Å². The summed E-state index contributed by atoms with van der Waals surface area (Å²) < 4.78 is 0. The van der Waals surface area contributed by atoms with E-state index in [0.717, 1.165) is 0 Å². The van der Waals surface area contributed by atoms with E-state index in [1.165, 1.54) is 98.0 Å². The van der Waals surface area contributed by atoms with Crippen LogP contribution in [0.2, 0.25) is 0 Å². The Kier molecular flexibility index (Phi) is 5.98. The molecule has 10 aromatic carbocycles. The standard InChI is InChI=1S/C48H30/c1-5-19-39-31(11-1)23-25-43-45(39)29-35-13-3-7-21-41(35)47(43)37-17-9-15-33(27-37)34-16-10-18-38(28-34)48-42-22-8-4-14-36(42)30-46-40-20-6-2-12-32(40)24-26-44(46)48/h1-30H. The lowest BCUT2D eigenvalue weighted by Crippen LogP contribution is -1.89. The van der Waals surface area contributed by atoms with Gasteiger partial charge in [-0.2, -0.15) is 0 Å². The van der Waals surface area contributed by atoms with E-state index in [4.69, 9.17) is 0 Å². The van der Waals surface area contributed by atoms with Crippen LogP contribution in [0.1, 0.15) is 0 Å². The average molecular weight is 607 g/mol. The van der Waals surface area contributed by atoms with Crippen LogP contribution >= 0.6 is 0 Å². The van der Waals surface area contributed by atoms with Gasteiger partial charge >= 0.3 is 0 Å². The maximum absolute atomic E-state index is 2.38. The Morgan fingerprint density at radius 2 is 0.562 bits per heavy atom. The third-order valence-electron chi connectivity index (χ3n) is 10.2. The molecule has 0 heterocycles. The zero-order valence-electron chi connectivity index (χ0n) is 26.3. The Hall–Kier alpha value is -6.24. The van der Waals surface area contributed by atoms with Gasteiger partial charge in [0.25, 0.3) is 0 Å². The fourth-order valence-corrected chi connectivity index (χ4v) is 7.97. The predicted octanol–water partition coefficient (Wildman–Crippen LogP) is 13.6. The molecule has 0 aromatic heterocycles. The molecule has 0 heteroatoms. The highest BCUT2D eigenvalue weighted by atomic mass is 14.2. The van der Waals surface area contributed by atoms with Gasteiger partial charge in [-0.05, 0) is 122 Å². The van der Waals surface area contributed by atoms with Crippen molar-refractivity contribution in [1.29, 1.82) is 0 Å². The van der Waals surface area contributed by atoms with Crippen molar-refractivity contribution in [3.63, 3.8) is 0 Å². The molecule has 0 atom stereocenters. The number of rotatable bonds is 3. The summed E-state index contributed by atoms with van der Waals surface area (Å²) in [5.74, 6) is 0. The molecular formula is C48H30. The van der Waals surface area contributed by atoms with Gasteiger partial charge in [-0.15, -0.1) is 0 Å². The first-order valence-corrected chi connectivity index (χ1v) is 16.7. The Labute approximate surface area is 279 Å². The summed E-state index contributed by atoms with van der Waals surface area (Å²) in [6, 6.07) is 67.2. The van der Waals surface area contributed by atoms with Gasteiger partial charge < -0.3 is 0 Å². The summed E-state index contributed by atoms with van der Waals surface area (Å²) in [7, 11) is 0. The quantitative estimate of drug-likeness (QED) is 0.139. The van der Waals surface area contributed by atoms with Gasteiger partial charge in [0.05, 0.1) is 0 Å². The number of hydrogen-bond donors (Lipinski definition) is 0. The van der Waals surface area contributed by atoms with Crippen LogP contribution < -0.4 is 0 Å². The van der Waals surface area contributed by atoms with Crippen LogP contribution in [-0.2, 0) is 0 Å². The molecular weight excluding hydrogens is 577 g/mol. The largest absolute Gasteiger partial charge is 0.0616 e. The summed E-state index contributed by atoms with van der Waals surface area (Å²) in [5.41, 5.74) is 7.48. The summed E-state index contributed by atoms with van der Waals surface area (Å²) in [6.07, 6.45) is 0. The second-order valence-corrected chi connectivity index (χ2v) is 12.9. The van der Waals surface area contributed by atoms with Crippen molar-refractivity contribution in [3.8, 4) is 33.4 Å². The minimum atomic E-state index is 1.21. The van der Waals surface area contributed by atoms with Gasteiger partial charge in [0, 0.05) is 0 Å². The van der Waals surface area contributed by atoms with Crippen LogP contribution in [0.3, 0.4) is 0 Å². The topological polar surface area (TPSA) is 0 Å². The fourth-order valence-electron chi connectivity index (χ4n) is 7.97. The summed E-state index contributed by atoms with van der Waals surface area (Å²) >= 11 is 0. The molecule has 0 bridgehead atoms. The van der Waals surface area contributed by atoms with Crippen LogP contribution in [0.15, 0.2) is 182 Å². The Morgan fingerprint density at radius 3 is 1.02 bits per heavy atom. The van der Waals surface area contributed by atoms with Crippen molar-refractivity contribution >= 4 is 64.6 Å². The van der Waals surface area contributed by atoms with Crippen LogP contribution in [-0.4, -0.2) is 0 Å². The van der Waals surface area contributed by atoms with Gasteiger partial charge in [-0.1, -0.05) is 158 Å². The molecule has 10 rings (SSSR count). The molecule has 0 amide bonds. The highest BCUT2D eigenvalue weighted by molar-refractivity contribution is 6.21. The molecule has 0 saturated heterocycles. The second-order valence-electron chi connectivity index (χ2n) is 12.9. The number of benzene rings is 10. The van der Waals surface area contributed by atoms with E-state index in [0.29, 0.717) is 0 Å². The highest BCUT2D eigenvalue weighted by Crippen LogP contribution is 2.42. The molecule has 0 aliphatic rings. The molecule has 0 N–H and O–H groups in total. The molecule has 222 valence electrons. The van der Waals surface area contributed by atoms with Gasteiger partial charge in [-0.25, -0.2) is 0 Å². The monoisotopic (exact) mass is 606 g/mol. The number of fused-ring (bicyclic) bond motifs is 8. The van der Waals surface area contributed by atoms with E-state index >= 15 is 0 Å². The van der Waals surface area contributed by atoms with Crippen LogP contribution in [0.5, 0.6) is 0 Å². The Balaban J connectivity index is 1.19. The van der Waals surface area contributed by atoms with Crippen molar-refractivity contribution in [2.24, 2.45) is 0 Å². The van der Waals surface area contributed by atoms with E-state index in [2.05, 4.69) is 182 Å². The van der Waals surface area contributed by atoms with Crippen LogP contribution in [0, 0.1) is 0 Å². The third kappa shape index (κ3) is 4.16. The maximum atomic E-state index is 2.38. The molecule has 0 saturated carbocycles. The van der Waals surface area contributed by atoms with Crippen molar-refractivity contribution < 1.29 is 0 Å². The molecule has 0 nitrogen and oxygen atoms in total. The smallest absolute Gasteiger partial charge is 0.00264 e. The predicted molar refractivity (Wildman–Crippen MR) is 208 cm³/mol. The molecule has 0 unspecified atom stereocenters. The van der Waals surface area contributed by atoms with Gasteiger partial charge in [0.15, 0.2) is 0 Å². The Morgan fingerprint density at radius 1 is 0.188 bits per heavy atom. The minimum absolute atomic E-state index is 1.21. The average Bonchev–Trinajstić information content (AvgIpc) is 3.16. The first-order chi connectivity index (χ1) is 23.8. The SMILES string of the molecule is c1cc(-c2cccc(-c3c4ccccc4cc4c3ccc3ccccc34)c2)cc(-c2c3ccccc3cc3c2ccc2ccccc23)c1. The third-order valence-corrected chi connectivity index (χ3v) is 10.2. The fraction of sp³-hybridized carbons (Fsp3) is 0. The first-order valence-electron chi connectivity index (χ1n) is 16.7. The lowest BCUT2D eigenvalue weighted by Gasteiger charge is -2.16. The summed E-state index contributed by atoms with van der Waals surface area (Å²) in [6.45, 7) is 0. The molecule has 0 radical (unpaired) electrons. The van der Waals surface area contributed by atoms with Gasteiger partial charge in [0.2, 0.25) is 0 Å². The van der Waals surface area contributed by atoms with Gasteiger partial charge in [-0.3, -0.25) is 0 Å². The summed E-state index contributed by atoms with van der Waals surface area (Å²) in [5, 5.41) is 15.4. The lowest BCUT2D eigenvalue weighted by molar-refractivity contribution is 1.60. The van der Waals surface area contributed by atoms with E-state index in [9.17, 15) is 0 Å². The highest BCUT2D eigenvalue weighted by Gasteiger charge is 2.15. The van der Waals surface area contributed by atoms with E-state index < -0.39 is 0 Å².